The van der Waals surface area contributed by atoms with Crippen LogP contribution in [0.15, 0.2) is 18.2 Å². The molecule has 0 aromatic heterocycles. The molecule has 1 aromatic carbocycles. The van der Waals surface area contributed by atoms with Gasteiger partial charge in [0.25, 0.3) is 5.91 Å². The van der Waals surface area contributed by atoms with E-state index in [2.05, 4.69) is 4.72 Å². The zero-order chi connectivity index (χ0) is 17.4. The molecule has 1 amide bonds. The molecule has 2 atom stereocenters. The molecule has 6 nitrogen and oxygen atoms in total. The Hall–Kier alpha value is -1.60. The minimum atomic E-state index is -3.33. The molecule has 1 aliphatic heterocycles. The molecule has 128 valence electrons. The molecule has 1 aromatic rings. The fraction of sp³-hybridized carbons (Fsp3) is 0.562. The average molecular weight is 340 g/mol. The second-order valence-corrected chi connectivity index (χ2v) is 8.40. The summed E-state index contributed by atoms with van der Waals surface area (Å²) < 4.78 is 25.7. The highest BCUT2D eigenvalue weighted by molar-refractivity contribution is 7.88. The van der Waals surface area contributed by atoms with E-state index < -0.39 is 10.0 Å². The van der Waals surface area contributed by atoms with Crippen LogP contribution in [0.1, 0.15) is 29.8 Å². The second kappa shape index (κ2) is 6.49. The van der Waals surface area contributed by atoms with Gasteiger partial charge in [-0.25, -0.2) is 13.1 Å². The van der Waals surface area contributed by atoms with Crippen molar-refractivity contribution in [2.24, 2.45) is 11.8 Å². The number of phenolic OH excluding ortho intramolecular Hbond substituents is 1. The Kier molecular flexibility index (Phi) is 5.01. The summed E-state index contributed by atoms with van der Waals surface area (Å²) in [6, 6.07) is 4.55. The van der Waals surface area contributed by atoms with Gasteiger partial charge in [-0.3, -0.25) is 4.79 Å². The SMILES string of the molecule is Cc1ccc(C(=O)N2C[C@H](NS(C)(=O)=O)[C@@H](C(C)C)C2)cc1O. The first kappa shape index (κ1) is 17.7. The van der Waals surface area contributed by atoms with Gasteiger partial charge >= 0.3 is 0 Å². The second-order valence-electron chi connectivity index (χ2n) is 6.62. The van der Waals surface area contributed by atoms with E-state index >= 15 is 0 Å². The number of rotatable bonds is 4. The number of carbonyl (C=O) groups is 1. The molecule has 1 fully saturated rings. The summed E-state index contributed by atoms with van der Waals surface area (Å²) in [5.41, 5.74) is 1.12. The number of aromatic hydroxyl groups is 1. The third-order valence-corrected chi connectivity index (χ3v) is 5.06. The molecule has 7 heteroatoms. The number of carbonyl (C=O) groups excluding carboxylic acids is 1. The molecule has 0 radical (unpaired) electrons. The number of amides is 1. The Morgan fingerprint density at radius 1 is 1.35 bits per heavy atom. The normalized spacial score (nSPS) is 21.9. The van der Waals surface area contributed by atoms with Crippen molar-refractivity contribution in [3.63, 3.8) is 0 Å². The van der Waals surface area contributed by atoms with E-state index in [0.717, 1.165) is 6.26 Å². The van der Waals surface area contributed by atoms with Crippen LogP contribution in [0.25, 0.3) is 0 Å². The minimum absolute atomic E-state index is 0.0627. The summed E-state index contributed by atoms with van der Waals surface area (Å²) in [5.74, 6) is 0.205. The summed E-state index contributed by atoms with van der Waals surface area (Å²) in [6.45, 7) is 6.64. The van der Waals surface area contributed by atoms with Crippen LogP contribution in [0.4, 0.5) is 0 Å². The number of nitrogens with zero attached hydrogens (tertiary/aromatic N) is 1. The quantitative estimate of drug-likeness (QED) is 0.866. The van der Waals surface area contributed by atoms with E-state index in [0.29, 0.717) is 24.2 Å². The fourth-order valence-corrected chi connectivity index (χ4v) is 3.79. The van der Waals surface area contributed by atoms with Gasteiger partial charge in [-0.1, -0.05) is 19.9 Å². The highest BCUT2D eigenvalue weighted by Gasteiger charge is 2.38. The van der Waals surface area contributed by atoms with Crippen LogP contribution in [-0.4, -0.2) is 49.7 Å². The van der Waals surface area contributed by atoms with Gasteiger partial charge in [-0.05, 0) is 36.5 Å². The average Bonchev–Trinajstić information content (AvgIpc) is 2.83. The van der Waals surface area contributed by atoms with Gasteiger partial charge in [-0.15, -0.1) is 0 Å². The van der Waals surface area contributed by atoms with Crippen LogP contribution in [0.2, 0.25) is 0 Å². The highest BCUT2D eigenvalue weighted by Crippen LogP contribution is 2.27. The number of nitrogens with one attached hydrogen (secondary N) is 1. The van der Waals surface area contributed by atoms with Crippen molar-refractivity contribution in [2.75, 3.05) is 19.3 Å². The molecule has 0 aliphatic carbocycles. The molecule has 0 spiro atoms. The Morgan fingerprint density at radius 3 is 2.52 bits per heavy atom. The number of aryl methyl sites for hydroxylation is 1. The smallest absolute Gasteiger partial charge is 0.254 e. The number of hydrogen-bond acceptors (Lipinski definition) is 4. The van der Waals surface area contributed by atoms with Crippen LogP contribution in [0.5, 0.6) is 5.75 Å². The lowest BCUT2D eigenvalue weighted by Crippen LogP contribution is -2.41. The number of benzene rings is 1. The third kappa shape index (κ3) is 4.23. The van der Waals surface area contributed by atoms with Gasteiger partial charge in [-0.2, -0.15) is 0 Å². The zero-order valence-corrected chi connectivity index (χ0v) is 14.7. The summed E-state index contributed by atoms with van der Waals surface area (Å²) in [4.78, 5) is 14.3. The van der Waals surface area contributed by atoms with Crippen LogP contribution in [0.3, 0.4) is 0 Å². The van der Waals surface area contributed by atoms with E-state index in [4.69, 9.17) is 0 Å². The standard InChI is InChI=1S/C16H24N2O4S/c1-10(2)13-8-18(9-14(13)17-23(4,21)22)16(20)12-6-5-11(3)15(19)7-12/h5-7,10,13-14,17,19H,8-9H2,1-4H3/t13-,14+/m1/s1. The predicted octanol–water partition coefficient (Wildman–Crippen LogP) is 1.35. The summed E-state index contributed by atoms with van der Waals surface area (Å²) in [7, 11) is -3.33. The first-order chi connectivity index (χ1) is 10.6. The molecular formula is C16H24N2O4S. The molecule has 1 heterocycles. The predicted molar refractivity (Wildman–Crippen MR) is 88.8 cm³/mol. The molecular weight excluding hydrogens is 316 g/mol. The third-order valence-electron chi connectivity index (χ3n) is 4.33. The molecule has 0 unspecified atom stereocenters. The summed E-state index contributed by atoms with van der Waals surface area (Å²) in [5, 5.41) is 9.77. The van der Waals surface area contributed by atoms with Gasteiger partial charge in [0.15, 0.2) is 0 Å². The largest absolute Gasteiger partial charge is 0.508 e. The molecule has 0 saturated carbocycles. The molecule has 0 bridgehead atoms. The van der Waals surface area contributed by atoms with Gasteiger partial charge in [0.2, 0.25) is 10.0 Å². The van der Waals surface area contributed by atoms with Crippen molar-refractivity contribution in [1.82, 2.24) is 9.62 Å². The Labute approximate surface area is 137 Å². The van der Waals surface area contributed by atoms with Gasteiger partial charge in [0, 0.05) is 24.7 Å². The van der Waals surface area contributed by atoms with E-state index in [1.807, 2.05) is 13.8 Å². The van der Waals surface area contributed by atoms with Gasteiger partial charge < -0.3 is 10.0 Å². The van der Waals surface area contributed by atoms with E-state index in [1.54, 1.807) is 24.0 Å². The Bertz CT molecular complexity index is 700. The van der Waals surface area contributed by atoms with Crippen LogP contribution < -0.4 is 4.72 Å². The monoisotopic (exact) mass is 340 g/mol. The lowest BCUT2D eigenvalue weighted by molar-refractivity contribution is 0.0782. The topological polar surface area (TPSA) is 86.7 Å². The van der Waals surface area contributed by atoms with E-state index in [9.17, 15) is 18.3 Å². The molecule has 2 rings (SSSR count). The number of phenols is 1. The van der Waals surface area contributed by atoms with E-state index in [-0.39, 0.29) is 29.5 Å². The summed E-state index contributed by atoms with van der Waals surface area (Å²) >= 11 is 0. The van der Waals surface area contributed by atoms with Crippen molar-refractivity contribution in [3.8, 4) is 5.75 Å². The number of hydrogen-bond donors (Lipinski definition) is 2. The lowest BCUT2D eigenvalue weighted by Gasteiger charge is -2.21. The number of sulfonamides is 1. The first-order valence-electron chi connectivity index (χ1n) is 7.64. The Balaban J connectivity index is 2.20. The van der Waals surface area contributed by atoms with E-state index in [1.165, 1.54) is 6.07 Å². The molecule has 23 heavy (non-hydrogen) atoms. The van der Waals surface area contributed by atoms with Gasteiger partial charge in [0.1, 0.15) is 5.75 Å². The highest BCUT2D eigenvalue weighted by atomic mass is 32.2. The van der Waals surface area contributed by atoms with Crippen molar-refractivity contribution >= 4 is 15.9 Å². The van der Waals surface area contributed by atoms with Crippen LogP contribution in [0, 0.1) is 18.8 Å². The molecule has 1 saturated heterocycles. The maximum Gasteiger partial charge on any atom is 0.254 e. The van der Waals surface area contributed by atoms with Crippen LogP contribution in [-0.2, 0) is 10.0 Å². The maximum absolute atomic E-state index is 12.6. The van der Waals surface area contributed by atoms with Crippen LogP contribution >= 0.6 is 0 Å². The fourth-order valence-electron chi connectivity index (χ4n) is 2.99. The zero-order valence-electron chi connectivity index (χ0n) is 13.9. The van der Waals surface area contributed by atoms with Crippen molar-refractivity contribution in [2.45, 2.75) is 26.8 Å². The maximum atomic E-state index is 12.6. The Morgan fingerprint density at radius 2 is 2.00 bits per heavy atom. The van der Waals surface area contributed by atoms with Crippen molar-refractivity contribution in [1.29, 1.82) is 0 Å². The first-order valence-corrected chi connectivity index (χ1v) is 9.54. The summed E-state index contributed by atoms with van der Waals surface area (Å²) in [6.07, 6.45) is 1.13. The van der Waals surface area contributed by atoms with Crippen molar-refractivity contribution < 1.29 is 18.3 Å². The molecule has 1 aliphatic rings. The minimum Gasteiger partial charge on any atom is -0.508 e. The lowest BCUT2D eigenvalue weighted by atomic mass is 9.92. The number of likely N-dealkylation sites (tertiary alicyclic amines) is 1. The van der Waals surface area contributed by atoms with Crippen molar-refractivity contribution in [3.05, 3.63) is 29.3 Å². The van der Waals surface area contributed by atoms with Gasteiger partial charge in [0.05, 0.1) is 6.26 Å². The molecule has 2 N–H and O–H groups in total.